The van der Waals surface area contributed by atoms with Crippen LogP contribution >= 0.6 is 0 Å². The van der Waals surface area contributed by atoms with E-state index in [0.29, 0.717) is 5.41 Å². The van der Waals surface area contributed by atoms with Crippen molar-refractivity contribution in [2.24, 2.45) is 11.3 Å². The Kier molecular flexibility index (Phi) is 9.62. The van der Waals surface area contributed by atoms with Crippen LogP contribution in [0.1, 0.15) is 83.4 Å². The molecule has 0 aliphatic rings. The van der Waals surface area contributed by atoms with E-state index in [4.69, 9.17) is 0 Å². The summed E-state index contributed by atoms with van der Waals surface area (Å²) >= 11 is 0. The van der Waals surface area contributed by atoms with Gasteiger partial charge in [0.2, 0.25) is 0 Å². The molecule has 0 heterocycles. The van der Waals surface area contributed by atoms with Crippen molar-refractivity contribution >= 4 is 11.3 Å². The molecule has 0 saturated heterocycles. The van der Waals surface area contributed by atoms with Gasteiger partial charge in [-0.3, -0.25) is 0 Å². The molecular formula is C30H43N. The van der Waals surface area contributed by atoms with Crippen LogP contribution in [0.3, 0.4) is 0 Å². The second-order valence-corrected chi connectivity index (χ2v) is 10.2. The Morgan fingerprint density at radius 1 is 1.00 bits per heavy atom. The van der Waals surface area contributed by atoms with Crippen LogP contribution in [-0.4, -0.2) is 0 Å². The summed E-state index contributed by atoms with van der Waals surface area (Å²) < 4.78 is 0. The van der Waals surface area contributed by atoms with E-state index in [0.717, 1.165) is 24.5 Å². The van der Waals surface area contributed by atoms with Gasteiger partial charge >= 0.3 is 0 Å². The van der Waals surface area contributed by atoms with Gasteiger partial charge in [-0.25, -0.2) is 0 Å². The Labute approximate surface area is 191 Å². The molecule has 1 nitrogen and oxygen atoms in total. The predicted octanol–water partition coefficient (Wildman–Crippen LogP) is 9.05. The first-order valence-corrected chi connectivity index (χ1v) is 11.9. The third kappa shape index (κ3) is 8.40. The van der Waals surface area contributed by atoms with E-state index in [1.807, 2.05) is 6.20 Å². The highest BCUT2D eigenvalue weighted by Gasteiger charge is 2.18. The Hall–Kier alpha value is -2.28. The van der Waals surface area contributed by atoms with Gasteiger partial charge in [0, 0.05) is 17.8 Å². The third-order valence-electron chi connectivity index (χ3n) is 6.22. The molecule has 0 aromatic heterocycles. The first kappa shape index (κ1) is 25.0. The van der Waals surface area contributed by atoms with E-state index in [1.165, 1.54) is 54.5 Å². The van der Waals surface area contributed by atoms with Gasteiger partial charge in [-0.1, -0.05) is 103 Å². The molecule has 168 valence electrons. The molecule has 2 rings (SSSR count). The van der Waals surface area contributed by atoms with E-state index in [1.54, 1.807) is 0 Å². The quantitative estimate of drug-likeness (QED) is 0.294. The van der Waals surface area contributed by atoms with Crippen LogP contribution in [0.5, 0.6) is 0 Å². The fourth-order valence-corrected chi connectivity index (χ4v) is 4.12. The molecular weight excluding hydrogens is 374 g/mol. The second kappa shape index (κ2) is 11.9. The highest BCUT2D eigenvalue weighted by Crippen LogP contribution is 2.33. The van der Waals surface area contributed by atoms with Crippen LogP contribution in [0.25, 0.3) is 5.57 Å². The lowest BCUT2D eigenvalue weighted by Gasteiger charge is -2.27. The lowest BCUT2D eigenvalue weighted by molar-refractivity contribution is 0.292. The van der Waals surface area contributed by atoms with Crippen molar-refractivity contribution in [2.45, 2.75) is 79.7 Å². The zero-order valence-corrected chi connectivity index (χ0v) is 20.6. The summed E-state index contributed by atoms with van der Waals surface area (Å²) in [6, 6.07) is 17.5. The first-order valence-electron chi connectivity index (χ1n) is 11.9. The fourth-order valence-electron chi connectivity index (χ4n) is 4.12. The minimum absolute atomic E-state index is 0.381. The summed E-state index contributed by atoms with van der Waals surface area (Å²) in [5, 5.41) is 0. The van der Waals surface area contributed by atoms with Crippen molar-refractivity contribution < 1.29 is 0 Å². The molecule has 0 bridgehead atoms. The monoisotopic (exact) mass is 417 g/mol. The summed E-state index contributed by atoms with van der Waals surface area (Å²) in [5.74, 6) is 0.817. The maximum absolute atomic E-state index is 4.22. The number of hydrogen-bond acceptors (Lipinski definition) is 1. The minimum atomic E-state index is 0.381. The number of aryl methyl sites for hydroxylation is 1. The molecule has 0 spiro atoms. The molecule has 0 amide bonds. The van der Waals surface area contributed by atoms with E-state index >= 15 is 0 Å². The van der Waals surface area contributed by atoms with Gasteiger partial charge in [-0.2, -0.15) is 0 Å². The Bertz CT molecular complexity index is 829. The van der Waals surface area contributed by atoms with E-state index in [9.17, 15) is 0 Å². The van der Waals surface area contributed by atoms with Gasteiger partial charge in [-0.05, 0) is 66.5 Å². The molecule has 1 heteroatoms. The lowest BCUT2D eigenvalue weighted by Crippen LogP contribution is -2.17. The van der Waals surface area contributed by atoms with Crippen molar-refractivity contribution in [1.29, 1.82) is 0 Å². The maximum Gasteiger partial charge on any atom is 0.0487 e. The van der Waals surface area contributed by atoms with Gasteiger partial charge in [0.1, 0.15) is 0 Å². The molecule has 0 radical (unpaired) electrons. The van der Waals surface area contributed by atoms with Crippen LogP contribution in [0, 0.1) is 11.3 Å². The second-order valence-electron chi connectivity index (χ2n) is 10.2. The number of allylic oxidation sites excluding steroid dienone is 1. The average Bonchev–Trinajstić information content (AvgIpc) is 2.74. The zero-order chi connectivity index (χ0) is 22.9. The molecule has 0 unspecified atom stereocenters. The SMILES string of the molecule is C=CN(Cc1ccccc1)c1cc(CCC(C)(C)CCCCC(C)C)ccc1C(=C)C. The van der Waals surface area contributed by atoms with Crippen molar-refractivity contribution in [3.05, 3.63) is 84.6 Å². The Balaban J connectivity index is 2.11. The third-order valence-corrected chi connectivity index (χ3v) is 6.22. The highest BCUT2D eigenvalue weighted by molar-refractivity contribution is 5.76. The molecule has 0 saturated carbocycles. The maximum atomic E-state index is 4.22. The van der Waals surface area contributed by atoms with Crippen LogP contribution in [-0.2, 0) is 13.0 Å². The largest absolute Gasteiger partial charge is 0.344 e. The predicted molar refractivity (Wildman–Crippen MR) is 139 cm³/mol. The Morgan fingerprint density at radius 2 is 1.71 bits per heavy atom. The minimum Gasteiger partial charge on any atom is -0.344 e. The molecule has 0 fully saturated rings. The average molecular weight is 418 g/mol. The van der Waals surface area contributed by atoms with Gasteiger partial charge in [0.15, 0.2) is 0 Å². The lowest BCUT2D eigenvalue weighted by atomic mass is 9.81. The number of anilines is 1. The summed E-state index contributed by atoms with van der Waals surface area (Å²) in [6.45, 7) is 20.7. The van der Waals surface area contributed by atoms with Gasteiger partial charge in [0.25, 0.3) is 0 Å². The van der Waals surface area contributed by atoms with Crippen LogP contribution < -0.4 is 4.90 Å². The Morgan fingerprint density at radius 3 is 2.32 bits per heavy atom. The fraction of sp³-hybridized carbons (Fsp3) is 0.467. The summed E-state index contributed by atoms with van der Waals surface area (Å²) in [4.78, 5) is 2.25. The van der Waals surface area contributed by atoms with E-state index < -0.39 is 0 Å². The van der Waals surface area contributed by atoms with Crippen molar-refractivity contribution in [1.82, 2.24) is 0 Å². The standard InChI is InChI=1S/C30H43N/c1-8-31(23-27-15-10-9-11-16-27)29-22-26(17-18-28(29)25(4)5)19-21-30(6,7)20-13-12-14-24(2)3/h8-11,15-18,22,24H,1,4,12-14,19-21,23H2,2-3,5-7H3. The normalized spacial score (nSPS) is 11.5. The topological polar surface area (TPSA) is 3.24 Å². The molecule has 0 atom stereocenters. The molecule has 0 N–H and O–H groups in total. The summed E-state index contributed by atoms with van der Waals surface area (Å²) in [6.07, 6.45) is 9.62. The molecule has 2 aromatic rings. The van der Waals surface area contributed by atoms with Crippen LogP contribution in [0.4, 0.5) is 5.69 Å². The molecule has 0 aliphatic carbocycles. The smallest absolute Gasteiger partial charge is 0.0487 e. The molecule has 31 heavy (non-hydrogen) atoms. The summed E-state index contributed by atoms with van der Waals surface area (Å²) in [7, 11) is 0. The van der Waals surface area contributed by atoms with E-state index in [2.05, 4.69) is 101 Å². The number of rotatable bonds is 13. The van der Waals surface area contributed by atoms with Crippen molar-refractivity contribution in [3.8, 4) is 0 Å². The van der Waals surface area contributed by atoms with Crippen molar-refractivity contribution in [2.75, 3.05) is 4.90 Å². The van der Waals surface area contributed by atoms with Gasteiger partial charge in [-0.15, -0.1) is 0 Å². The van der Waals surface area contributed by atoms with Gasteiger partial charge < -0.3 is 4.90 Å². The van der Waals surface area contributed by atoms with Crippen LogP contribution in [0.2, 0.25) is 0 Å². The van der Waals surface area contributed by atoms with Crippen molar-refractivity contribution in [3.63, 3.8) is 0 Å². The zero-order valence-electron chi connectivity index (χ0n) is 20.6. The number of hydrogen-bond donors (Lipinski definition) is 0. The number of unbranched alkanes of at least 4 members (excludes halogenated alkanes) is 1. The summed E-state index contributed by atoms with van der Waals surface area (Å²) in [5.41, 5.74) is 6.56. The first-order chi connectivity index (χ1) is 14.7. The van der Waals surface area contributed by atoms with E-state index in [-0.39, 0.29) is 0 Å². The van der Waals surface area contributed by atoms with Crippen LogP contribution in [0.15, 0.2) is 67.9 Å². The molecule has 2 aromatic carbocycles. The van der Waals surface area contributed by atoms with Gasteiger partial charge in [0.05, 0.1) is 0 Å². The molecule has 0 aliphatic heterocycles. The highest BCUT2D eigenvalue weighted by atomic mass is 15.1. The number of benzene rings is 2. The number of nitrogens with zero attached hydrogens (tertiary/aromatic N) is 1.